The first-order valence-electron chi connectivity index (χ1n) is 2.90. The number of hydrogen-bond acceptors (Lipinski definition) is 5. The number of carbonyl (C=O) groups is 2. The Morgan fingerprint density at radius 3 is 2.27 bits per heavy atom. The van der Waals surface area contributed by atoms with E-state index in [-0.39, 0.29) is 5.91 Å². The van der Waals surface area contributed by atoms with Crippen LogP contribution in [-0.2, 0) is 14.4 Å². The van der Waals surface area contributed by atoms with Crippen molar-refractivity contribution in [1.82, 2.24) is 4.90 Å². The van der Waals surface area contributed by atoms with Gasteiger partial charge < -0.3 is 15.5 Å². The lowest BCUT2D eigenvalue weighted by molar-refractivity contribution is -0.153. The summed E-state index contributed by atoms with van der Waals surface area (Å²) in [5.74, 6) is 3.37. The third-order valence-corrected chi connectivity index (χ3v) is 1.27. The molecule has 0 fully saturated rings. The molecule has 0 unspecified atom stereocenters. The van der Waals surface area contributed by atoms with Crippen LogP contribution in [0.5, 0.6) is 0 Å². The van der Waals surface area contributed by atoms with Crippen molar-refractivity contribution in [3.05, 3.63) is 0 Å². The quantitative estimate of drug-likeness (QED) is 0.366. The van der Waals surface area contributed by atoms with Gasteiger partial charge >= 0.3 is 5.97 Å². The maximum atomic E-state index is 10.6. The van der Waals surface area contributed by atoms with Crippen LogP contribution in [0.1, 0.15) is 6.92 Å². The second kappa shape index (κ2) is 3.89. The number of likely N-dealkylation sites (N-methyl/N-ethyl adjacent to an activating group) is 1. The molecule has 6 heteroatoms. The van der Waals surface area contributed by atoms with Crippen LogP contribution < -0.4 is 11.6 Å². The van der Waals surface area contributed by atoms with Gasteiger partial charge in [-0.1, -0.05) is 0 Å². The molecule has 0 aliphatic heterocycles. The van der Waals surface area contributed by atoms with Crippen molar-refractivity contribution in [2.45, 2.75) is 13.1 Å². The van der Waals surface area contributed by atoms with Crippen LogP contribution >= 0.6 is 0 Å². The lowest BCUT2D eigenvalue weighted by Gasteiger charge is -2.19. The lowest BCUT2D eigenvalue weighted by Crippen LogP contribution is -2.49. The van der Waals surface area contributed by atoms with Gasteiger partial charge in [-0.05, 0) is 0 Å². The fourth-order valence-electron chi connectivity index (χ4n) is 0.424. The van der Waals surface area contributed by atoms with Gasteiger partial charge in [0.05, 0.1) is 0 Å². The number of amides is 1. The normalized spacial score (nSPS) is 12.0. The predicted octanol–water partition coefficient (Wildman–Crippen LogP) is -1.83. The fraction of sp³-hybridized carbons (Fsp3) is 0.600. The third-order valence-electron chi connectivity index (χ3n) is 1.27. The van der Waals surface area contributed by atoms with E-state index in [1.54, 1.807) is 0 Å². The zero-order valence-corrected chi connectivity index (χ0v) is 6.40. The Hall–Kier alpha value is -1.14. The monoisotopic (exact) mass is 161 g/mol. The summed E-state index contributed by atoms with van der Waals surface area (Å²) >= 11 is 0. The molecule has 0 aliphatic rings. The van der Waals surface area contributed by atoms with Gasteiger partial charge in [0.1, 0.15) is 0 Å². The Kier molecular flexibility index (Phi) is 3.49. The Bertz CT molecular complexity index is 170. The summed E-state index contributed by atoms with van der Waals surface area (Å²) in [6.07, 6.45) is -1.13. The van der Waals surface area contributed by atoms with Crippen molar-refractivity contribution >= 4 is 11.9 Å². The van der Waals surface area contributed by atoms with Crippen LogP contribution in [0.2, 0.25) is 0 Å². The first-order valence-corrected chi connectivity index (χ1v) is 2.90. The topological polar surface area (TPSA) is 98.6 Å². The first kappa shape index (κ1) is 9.86. The highest BCUT2D eigenvalue weighted by atomic mass is 16.7. The average Bonchev–Trinajstić information content (AvgIpc) is 2.00. The van der Waals surface area contributed by atoms with Crippen LogP contribution in [0.3, 0.4) is 0 Å². The van der Waals surface area contributed by atoms with Crippen molar-refractivity contribution in [2.75, 3.05) is 7.05 Å². The van der Waals surface area contributed by atoms with Crippen LogP contribution in [0, 0.1) is 0 Å². The zero-order chi connectivity index (χ0) is 9.02. The molecule has 0 aromatic rings. The number of carbonyl (C=O) groups excluding carboxylic acids is 2. The van der Waals surface area contributed by atoms with E-state index in [1.807, 2.05) is 0 Å². The molecule has 1 atom stereocenters. The van der Waals surface area contributed by atoms with E-state index in [9.17, 15) is 9.59 Å². The van der Waals surface area contributed by atoms with Gasteiger partial charge in [0, 0.05) is 14.0 Å². The molecule has 0 aromatic carbocycles. The lowest BCUT2D eigenvalue weighted by atomic mass is 10.4. The number of hydrogen-bond donors (Lipinski definition) is 2. The summed E-state index contributed by atoms with van der Waals surface area (Å²) in [5, 5.41) is 0. The van der Waals surface area contributed by atoms with Gasteiger partial charge in [-0.25, -0.2) is 4.79 Å². The van der Waals surface area contributed by atoms with Gasteiger partial charge in [-0.3, -0.25) is 4.79 Å². The van der Waals surface area contributed by atoms with E-state index >= 15 is 0 Å². The molecule has 0 aliphatic carbocycles. The summed E-state index contributed by atoms with van der Waals surface area (Å²) in [5.41, 5.74) is 5.22. The standard InChI is InChI=1S/C5H11N3O3/c1-3(9)8(2)4(6)5(10)11-7/h4H,6-7H2,1-2H3/t4-/m0/s1. The predicted molar refractivity (Wildman–Crippen MR) is 36.7 cm³/mol. The Morgan fingerprint density at radius 1 is 1.55 bits per heavy atom. The molecule has 0 saturated heterocycles. The molecule has 0 spiro atoms. The van der Waals surface area contributed by atoms with Crippen molar-refractivity contribution in [3.63, 3.8) is 0 Å². The molecule has 11 heavy (non-hydrogen) atoms. The molecule has 0 bridgehead atoms. The molecular weight excluding hydrogens is 150 g/mol. The smallest absolute Gasteiger partial charge is 0.362 e. The molecule has 0 heterocycles. The molecule has 4 N–H and O–H groups in total. The molecule has 0 saturated carbocycles. The molecule has 6 nitrogen and oxygen atoms in total. The van der Waals surface area contributed by atoms with Gasteiger partial charge in [-0.15, -0.1) is 0 Å². The number of nitrogens with two attached hydrogens (primary N) is 2. The van der Waals surface area contributed by atoms with Crippen molar-refractivity contribution in [3.8, 4) is 0 Å². The highest BCUT2D eigenvalue weighted by Crippen LogP contribution is 1.90. The number of rotatable bonds is 2. The van der Waals surface area contributed by atoms with Gasteiger partial charge in [-0.2, -0.15) is 5.90 Å². The van der Waals surface area contributed by atoms with Gasteiger partial charge in [0.2, 0.25) is 5.91 Å². The van der Waals surface area contributed by atoms with E-state index in [0.29, 0.717) is 0 Å². The first-order chi connectivity index (χ1) is 5.00. The van der Waals surface area contributed by atoms with Crippen molar-refractivity contribution in [1.29, 1.82) is 0 Å². The maximum Gasteiger partial charge on any atom is 0.362 e. The fourth-order valence-corrected chi connectivity index (χ4v) is 0.424. The zero-order valence-electron chi connectivity index (χ0n) is 6.40. The van der Waals surface area contributed by atoms with Crippen LogP contribution in [0.25, 0.3) is 0 Å². The second-order valence-corrected chi connectivity index (χ2v) is 2.01. The van der Waals surface area contributed by atoms with E-state index in [2.05, 4.69) is 10.7 Å². The number of nitrogens with zero attached hydrogens (tertiary/aromatic N) is 1. The Balaban J connectivity index is 4.12. The van der Waals surface area contributed by atoms with Crippen LogP contribution in [0.4, 0.5) is 0 Å². The molecule has 64 valence electrons. The van der Waals surface area contributed by atoms with Crippen LogP contribution in [-0.4, -0.2) is 30.0 Å². The van der Waals surface area contributed by atoms with Crippen molar-refractivity contribution in [2.24, 2.45) is 11.6 Å². The third kappa shape index (κ3) is 2.52. The highest BCUT2D eigenvalue weighted by molar-refractivity contribution is 5.82. The summed E-state index contributed by atoms with van der Waals surface area (Å²) in [4.78, 5) is 26.0. The average molecular weight is 161 g/mol. The molecule has 0 radical (unpaired) electrons. The summed E-state index contributed by atoms with van der Waals surface area (Å²) in [7, 11) is 1.38. The molecule has 0 aromatic heterocycles. The Labute approximate surface area is 64.0 Å². The van der Waals surface area contributed by atoms with Crippen molar-refractivity contribution < 1.29 is 14.4 Å². The minimum absolute atomic E-state index is 0.331. The van der Waals surface area contributed by atoms with Crippen LogP contribution in [0.15, 0.2) is 0 Å². The Morgan fingerprint density at radius 2 is 2.00 bits per heavy atom. The second-order valence-electron chi connectivity index (χ2n) is 2.01. The van der Waals surface area contributed by atoms with E-state index in [0.717, 1.165) is 4.90 Å². The van der Waals surface area contributed by atoms with E-state index in [1.165, 1.54) is 14.0 Å². The maximum absolute atomic E-state index is 10.6. The summed E-state index contributed by atoms with van der Waals surface area (Å²) in [6, 6.07) is 0. The minimum atomic E-state index is -1.13. The summed E-state index contributed by atoms with van der Waals surface area (Å²) in [6.45, 7) is 1.28. The van der Waals surface area contributed by atoms with Gasteiger partial charge in [0.15, 0.2) is 6.17 Å². The highest BCUT2D eigenvalue weighted by Gasteiger charge is 2.21. The van der Waals surface area contributed by atoms with E-state index in [4.69, 9.17) is 5.73 Å². The molecule has 0 rings (SSSR count). The largest absolute Gasteiger partial charge is 0.371 e. The van der Waals surface area contributed by atoms with E-state index < -0.39 is 12.1 Å². The minimum Gasteiger partial charge on any atom is -0.371 e. The molecule has 1 amide bonds. The SMILES string of the molecule is CC(=O)N(C)[C@H](N)C(=O)ON. The molecular formula is C5H11N3O3. The van der Waals surface area contributed by atoms with Gasteiger partial charge in [0.25, 0.3) is 0 Å². The summed E-state index contributed by atoms with van der Waals surface area (Å²) < 4.78 is 0.